The molecule has 0 aliphatic heterocycles. The minimum atomic E-state index is 0.552. The summed E-state index contributed by atoms with van der Waals surface area (Å²) in [5.74, 6) is 0.552. The Hall–Kier alpha value is -1.04. The summed E-state index contributed by atoms with van der Waals surface area (Å²) in [6, 6.07) is 10.6. The molecule has 0 amide bonds. The maximum Gasteiger partial charge on any atom is 0.00169 e. The molecule has 12 heavy (non-hydrogen) atoms. The van der Waals surface area contributed by atoms with Gasteiger partial charge in [-0.2, -0.15) is 0 Å². The Morgan fingerprint density at radius 3 is 2.33 bits per heavy atom. The molecule has 0 N–H and O–H groups in total. The largest absolute Gasteiger partial charge is 0.0881 e. The van der Waals surface area contributed by atoms with Gasteiger partial charge in [0.25, 0.3) is 0 Å². The van der Waals surface area contributed by atoms with Crippen molar-refractivity contribution in [2.24, 2.45) is 0 Å². The van der Waals surface area contributed by atoms with Crippen molar-refractivity contribution in [3.05, 3.63) is 47.5 Å². The van der Waals surface area contributed by atoms with E-state index in [9.17, 15) is 0 Å². The fourth-order valence-electron chi connectivity index (χ4n) is 1.25. The number of hydrogen-bond donors (Lipinski definition) is 0. The van der Waals surface area contributed by atoms with Gasteiger partial charge in [-0.1, -0.05) is 48.9 Å². The zero-order valence-electron chi connectivity index (χ0n) is 8.04. The van der Waals surface area contributed by atoms with Gasteiger partial charge in [0, 0.05) is 5.92 Å². The van der Waals surface area contributed by atoms with Gasteiger partial charge in [0.1, 0.15) is 0 Å². The first-order valence-electron chi connectivity index (χ1n) is 4.43. The molecule has 1 unspecified atom stereocenters. The standard InChI is InChI=1S/C12H16/c1-4-10(2)11(3)12-8-6-5-7-9-12/h4-9,11H,1-3H3/b10-4-. The number of benzene rings is 1. The monoisotopic (exact) mass is 160 g/mol. The Labute approximate surface area is 74.9 Å². The summed E-state index contributed by atoms with van der Waals surface area (Å²) in [6.45, 7) is 6.51. The highest BCUT2D eigenvalue weighted by molar-refractivity contribution is 5.26. The summed E-state index contributed by atoms with van der Waals surface area (Å²) < 4.78 is 0. The molecule has 0 heterocycles. The quantitative estimate of drug-likeness (QED) is 0.578. The molecule has 0 aliphatic rings. The molecular weight excluding hydrogens is 144 g/mol. The van der Waals surface area contributed by atoms with E-state index in [1.165, 1.54) is 11.1 Å². The predicted octanol–water partition coefficient (Wildman–Crippen LogP) is 3.76. The predicted molar refractivity (Wildman–Crippen MR) is 54.3 cm³/mol. The van der Waals surface area contributed by atoms with E-state index in [4.69, 9.17) is 0 Å². The Kier molecular flexibility index (Phi) is 3.09. The number of rotatable bonds is 2. The van der Waals surface area contributed by atoms with E-state index in [0.29, 0.717) is 5.92 Å². The molecule has 64 valence electrons. The SMILES string of the molecule is C/C=C(/C)C(C)c1ccccc1. The van der Waals surface area contributed by atoms with E-state index in [1.54, 1.807) is 0 Å². The summed E-state index contributed by atoms with van der Waals surface area (Å²) in [6.07, 6.45) is 2.18. The molecule has 0 fully saturated rings. The molecule has 1 aromatic carbocycles. The molecule has 0 saturated carbocycles. The lowest BCUT2D eigenvalue weighted by molar-refractivity contribution is 0.890. The van der Waals surface area contributed by atoms with Gasteiger partial charge in [-0.05, 0) is 19.4 Å². The lowest BCUT2D eigenvalue weighted by Crippen LogP contribution is -1.93. The normalized spacial score (nSPS) is 14.4. The van der Waals surface area contributed by atoms with Crippen molar-refractivity contribution in [1.82, 2.24) is 0 Å². The van der Waals surface area contributed by atoms with Crippen molar-refractivity contribution in [3.8, 4) is 0 Å². The molecule has 0 nitrogen and oxygen atoms in total. The topological polar surface area (TPSA) is 0 Å². The summed E-state index contributed by atoms with van der Waals surface area (Å²) >= 11 is 0. The van der Waals surface area contributed by atoms with Crippen molar-refractivity contribution in [2.45, 2.75) is 26.7 Å². The van der Waals surface area contributed by atoms with Gasteiger partial charge in [0.2, 0.25) is 0 Å². The second kappa shape index (κ2) is 4.10. The Bertz CT molecular complexity index is 257. The van der Waals surface area contributed by atoms with E-state index in [1.807, 2.05) is 0 Å². The minimum Gasteiger partial charge on any atom is -0.0881 e. The average Bonchev–Trinajstić information content (AvgIpc) is 2.17. The second-order valence-electron chi connectivity index (χ2n) is 3.17. The average molecular weight is 160 g/mol. The molecule has 0 aromatic heterocycles. The van der Waals surface area contributed by atoms with E-state index in [-0.39, 0.29) is 0 Å². The van der Waals surface area contributed by atoms with Crippen LogP contribution >= 0.6 is 0 Å². The molecule has 1 aromatic rings. The maximum atomic E-state index is 2.24. The molecular formula is C12H16. The van der Waals surface area contributed by atoms with Gasteiger partial charge >= 0.3 is 0 Å². The summed E-state index contributed by atoms with van der Waals surface area (Å²) in [5, 5.41) is 0. The molecule has 0 heteroatoms. The highest BCUT2D eigenvalue weighted by Crippen LogP contribution is 2.22. The first kappa shape index (κ1) is 9.05. The van der Waals surface area contributed by atoms with Crippen LogP contribution < -0.4 is 0 Å². The molecule has 0 radical (unpaired) electrons. The van der Waals surface area contributed by atoms with Crippen LogP contribution in [-0.4, -0.2) is 0 Å². The molecule has 0 spiro atoms. The van der Waals surface area contributed by atoms with Crippen LogP contribution in [0.2, 0.25) is 0 Å². The van der Waals surface area contributed by atoms with Crippen molar-refractivity contribution in [2.75, 3.05) is 0 Å². The highest BCUT2D eigenvalue weighted by Gasteiger charge is 2.04. The smallest absolute Gasteiger partial charge is 0.00169 e. The zero-order chi connectivity index (χ0) is 8.97. The Balaban J connectivity index is 2.86. The van der Waals surface area contributed by atoms with Crippen LogP contribution in [0.15, 0.2) is 42.0 Å². The van der Waals surface area contributed by atoms with E-state index in [0.717, 1.165) is 0 Å². The van der Waals surface area contributed by atoms with Gasteiger partial charge in [-0.15, -0.1) is 0 Å². The van der Waals surface area contributed by atoms with Gasteiger partial charge < -0.3 is 0 Å². The summed E-state index contributed by atoms with van der Waals surface area (Å²) in [4.78, 5) is 0. The van der Waals surface area contributed by atoms with Crippen LogP contribution in [0.25, 0.3) is 0 Å². The fraction of sp³-hybridized carbons (Fsp3) is 0.333. The van der Waals surface area contributed by atoms with Crippen LogP contribution in [0.5, 0.6) is 0 Å². The van der Waals surface area contributed by atoms with E-state index < -0.39 is 0 Å². The van der Waals surface area contributed by atoms with Crippen molar-refractivity contribution < 1.29 is 0 Å². The van der Waals surface area contributed by atoms with Gasteiger partial charge in [0.15, 0.2) is 0 Å². The molecule has 1 rings (SSSR count). The van der Waals surface area contributed by atoms with E-state index >= 15 is 0 Å². The maximum absolute atomic E-state index is 2.24. The van der Waals surface area contributed by atoms with Gasteiger partial charge in [-0.25, -0.2) is 0 Å². The van der Waals surface area contributed by atoms with Crippen LogP contribution in [-0.2, 0) is 0 Å². The van der Waals surface area contributed by atoms with Crippen LogP contribution in [0.4, 0.5) is 0 Å². The summed E-state index contributed by atoms with van der Waals surface area (Å²) in [5.41, 5.74) is 2.83. The van der Waals surface area contributed by atoms with Crippen LogP contribution in [0.3, 0.4) is 0 Å². The third-order valence-corrected chi connectivity index (χ3v) is 2.44. The van der Waals surface area contributed by atoms with Crippen molar-refractivity contribution in [3.63, 3.8) is 0 Å². The third-order valence-electron chi connectivity index (χ3n) is 2.44. The molecule has 0 saturated heterocycles. The number of hydrogen-bond acceptors (Lipinski definition) is 0. The summed E-state index contributed by atoms with van der Waals surface area (Å²) in [7, 11) is 0. The zero-order valence-corrected chi connectivity index (χ0v) is 8.04. The van der Waals surface area contributed by atoms with Crippen molar-refractivity contribution >= 4 is 0 Å². The van der Waals surface area contributed by atoms with Gasteiger partial charge in [-0.3, -0.25) is 0 Å². The molecule has 0 bridgehead atoms. The van der Waals surface area contributed by atoms with Crippen LogP contribution in [0.1, 0.15) is 32.3 Å². The van der Waals surface area contributed by atoms with Crippen LogP contribution in [0, 0.1) is 0 Å². The second-order valence-corrected chi connectivity index (χ2v) is 3.17. The third kappa shape index (κ3) is 1.97. The first-order valence-corrected chi connectivity index (χ1v) is 4.43. The first-order chi connectivity index (χ1) is 5.75. The lowest BCUT2D eigenvalue weighted by atomic mass is 9.94. The fourth-order valence-corrected chi connectivity index (χ4v) is 1.25. The molecule has 0 aliphatic carbocycles. The van der Waals surface area contributed by atoms with Gasteiger partial charge in [0.05, 0.1) is 0 Å². The van der Waals surface area contributed by atoms with Crippen molar-refractivity contribution in [1.29, 1.82) is 0 Å². The Morgan fingerprint density at radius 1 is 1.25 bits per heavy atom. The number of allylic oxidation sites excluding steroid dienone is 2. The lowest BCUT2D eigenvalue weighted by Gasteiger charge is -2.11. The minimum absolute atomic E-state index is 0.552. The highest BCUT2D eigenvalue weighted by atomic mass is 14.1. The van der Waals surface area contributed by atoms with E-state index in [2.05, 4.69) is 57.2 Å². The molecule has 1 atom stereocenters. The Morgan fingerprint density at radius 2 is 1.83 bits per heavy atom.